The van der Waals surface area contributed by atoms with Crippen molar-refractivity contribution in [2.45, 2.75) is 115 Å². The van der Waals surface area contributed by atoms with Crippen molar-refractivity contribution >= 4 is 29.2 Å². The van der Waals surface area contributed by atoms with Crippen LogP contribution in [0, 0.1) is 0 Å². The number of phenolic OH excluding ortho intramolecular Hbond substituents is 2. The second kappa shape index (κ2) is 12.2. The molecule has 0 amide bonds. The summed E-state index contributed by atoms with van der Waals surface area (Å²) in [5.74, 6) is 2.37. The minimum absolute atomic E-state index is 0.163. The van der Waals surface area contributed by atoms with Gasteiger partial charge in [0, 0.05) is 37.7 Å². The van der Waals surface area contributed by atoms with Crippen LogP contribution in [0.15, 0.2) is 64.4 Å². The fraction of sp³-hybridized carbons (Fsp3) is 0.500. The molecule has 3 aromatic rings. The lowest BCUT2D eigenvalue weighted by Gasteiger charge is -2.30. The number of hydrogen-bond acceptors (Lipinski definition) is 5. The van der Waals surface area contributed by atoms with Gasteiger partial charge < -0.3 is 15.1 Å². The average molecular weight is 594 g/mol. The summed E-state index contributed by atoms with van der Waals surface area (Å²) in [6, 6.07) is 19.2. The van der Waals surface area contributed by atoms with Gasteiger partial charge in [-0.1, -0.05) is 101 Å². The van der Waals surface area contributed by atoms with Gasteiger partial charge in [-0.2, -0.15) is 0 Å². The SMILES string of the molecule is CC(C)(C)c1cc(SCN(CSc2cc(C(C)(C)C)c(O)c(C(C)(C)C)c2)c2ccccc2)cc(C(C)(C)C)c1O. The van der Waals surface area contributed by atoms with E-state index in [0.717, 1.165) is 34.0 Å². The van der Waals surface area contributed by atoms with Gasteiger partial charge in [-0.25, -0.2) is 0 Å². The summed E-state index contributed by atoms with van der Waals surface area (Å²) in [5.41, 5.74) is 4.47. The molecule has 0 unspecified atom stereocenters. The van der Waals surface area contributed by atoms with E-state index in [1.807, 2.05) is 0 Å². The molecule has 0 heterocycles. The fourth-order valence-corrected chi connectivity index (χ4v) is 6.81. The number of anilines is 1. The molecule has 5 heteroatoms. The van der Waals surface area contributed by atoms with Crippen molar-refractivity contribution in [1.82, 2.24) is 0 Å². The molecular weight excluding hydrogens is 543 g/mol. The predicted molar refractivity (Wildman–Crippen MR) is 181 cm³/mol. The van der Waals surface area contributed by atoms with Gasteiger partial charge in [0.25, 0.3) is 0 Å². The minimum atomic E-state index is -0.163. The lowest BCUT2D eigenvalue weighted by atomic mass is 9.79. The summed E-state index contributed by atoms with van der Waals surface area (Å²) in [7, 11) is 0. The zero-order chi connectivity index (χ0) is 31.0. The largest absolute Gasteiger partial charge is 0.507 e. The number of para-hydroxylation sites is 1. The molecule has 3 rings (SSSR count). The van der Waals surface area contributed by atoms with E-state index in [1.165, 1.54) is 15.5 Å². The highest BCUT2D eigenvalue weighted by atomic mass is 32.2. The van der Waals surface area contributed by atoms with Crippen molar-refractivity contribution in [3.8, 4) is 11.5 Å². The van der Waals surface area contributed by atoms with E-state index >= 15 is 0 Å². The van der Waals surface area contributed by atoms with Crippen molar-refractivity contribution in [2.24, 2.45) is 0 Å². The molecule has 224 valence electrons. The molecule has 0 radical (unpaired) electrons. The summed E-state index contributed by atoms with van der Waals surface area (Å²) in [4.78, 5) is 4.73. The molecule has 41 heavy (non-hydrogen) atoms. The van der Waals surface area contributed by atoms with Crippen LogP contribution in [0.3, 0.4) is 0 Å². The van der Waals surface area contributed by atoms with Gasteiger partial charge in [0.2, 0.25) is 0 Å². The van der Waals surface area contributed by atoms with Crippen molar-refractivity contribution in [1.29, 1.82) is 0 Å². The van der Waals surface area contributed by atoms with Crippen LogP contribution in [0.1, 0.15) is 105 Å². The Balaban J connectivity index is 1.96. The maximum atomic E-state index is 11.2. The van der Waals surface area contributed by atoms with Crippen molar-refractivity contribution in [2.75, 3.05) is 16.7 Å². The average Bonchev–Trinajstić information content (AvgIpc) is 2.83. The minimum Gasteiger partial charge on any atom is -0.507 e. The van der Waals surface area contributed by atoms with E-state index in [-0.39, 0.29) is 21.7 Å². The highest BCUT2D eigenvalue weighted by Gasteiger charge is 2.28. The maximum Gasteiger partial charge on any atom is 0.123 e. The van der Waals surface area contributed by atoms with Gasteiger partial charge >= 0.3 is 0 Å². The highest BCUT2D eigenvalue weighted by Crippen LogP contribution is 2.44. The fourth-order valence-electron chi connectivity index (χ4n) is 4.80. The van der Waals surface area contributed by atoms with Crippen LogP contribution >= 0.6 is 23.5 Å². The van der Waals surface area contributed by atoms with E-state index in [9.17, 15) is 10.2 Å². The van der Waals surface area contributed by atoms with Gasteiger partial charge in [0.15, 0.2) is 0 Å². The normalized spacial score (nSPS) is 13.0. The monoisotopic (exact) mass is 593 g/mol. The Labute approximate surface area is 258 Å². The summed E-state index contributed by atoms with van der Waals surface area (Å²) >= 11 is 3.61. The third kappa shape index (κ3) is 8.41. The van der Waals surface area contributed by atoms with Crippen LogP contribution in [0.4, 0.5) is 5.69 Å². The lowest BCUT2D eigenvalue weighted by molar-refractivity contribution is 0.421. The maximum absolute atomic E-state index is 11.2. The van der Waals surface area contributed by atoms with Crippen molar-refractivity contribution in [3.63, 3.8) is 0 Å². The Morgan fingerprint density at radius 3 is 1.07 bits per heavy atom. The standard InChI is InChI=1S/C36H51NO2S2/c1-33(2,3)27-18-25(19-28(31(27)38)34(4,5)6)40-22-37(24-16-14-13-15-17-24)23-41-26-20-29(35(7,8)9)32(39)30(21-26)36(10,11)12/h13-21,38-39H,22-23H2,1-12H3. The Morgan fingerprint density at radius 1 is 0.512 bits per heavy atom. The molecule has 0 saturated heterocycles. The van der Waals surface area contributed by atoms with Crippen LogP contribution in [0.25, 0.3) is 0 Å². The quantitative estimate of drug-likeness (QED) is 0.211. The molecule has 0 bridgehead atoms. The van der Waals surface area contributed by atoms with Gasteiger partial charge in [-0.15, -0.1) is 23.5 Å². The van der Waals surface area contributed by atoms with E-state index in [4.69, 9.17) is 0 Å². The molecule has 0 aromatic heterocycles. The van der Waals surface area contributed by atoms with E-state index in [0.29, 0.717) is 11.5 Å². The number of nitrogens with zero attached hydrogens (tertiary/aromatic N) is 1. The molecule has 0 atom stereocenters. The second-order valence-corrected chi connectivity index (χ2v) is 17.2. The Kier molecular flexibility index (Phi) is 9.87. The van der Waals surface area contributed by atoms with E-state index < -0.39 is 0 Å². The number of aromatic hydroxyl groups is 2. The Hall–Kier alpha value is -2.24. The summed E-state index contributed by atoms with van der Waals surface area (Å²) < 4.78 is 0. The molecule has 0 spiro atoms. The van der Waals surface area contributed by atoms with E-state index in [1.54, 1.807) is 23.5 Å². The van der Waals surface area contributed by atoms with Gasteiger partial charge in [-0.3, -0.25) is 0 Å². The third-order valence-corrected chi connectivity index (χ3v) is 9.31. The molecule has 2 N–H and O–H groups in total. The van der Waals surface area contributed by atoms with Crippen LogP contribution in [-0.4, -0.2) is 22.0 Å². The highest BCUT2D eigenvalue weighted by molar-refractivity contribution is 8.00. The third-order valence-electron chi connectivity index (χ3n) is 7.29. The van der Waals surface area contributed by atoms with Crippen molar-refractivity contribution < 1.29 is 10.2 Å². The zero-order valence-electron chi connectivity index (χ0n) is 27.3. The first-order chi connectivity index (χ1) is 18.7. The first kappa shape index (κ1) is 33.3. The van der Waals surface area contributed by atoms with Crippen molar-refractivity contribution in [3.05, 3.63) is 76.9 Å². The molecule has 0 fully saturated rings. The van der Waals surface area contributed by atoms with Crippen LogP contribution in [-0.2, 0) is 21.7 Å². The number of hydrogen-bond donors (Lipinski definition) is 2. The lowest BCUT2D eigenvalue weighted by Crippen LogP contribution is -2.22. The summed E-state index contributed by atoms with van der Waals surface area (Å²) in [6.07, 6.45) is 0. The second-order valence-electron chi connectivity index (χ2n) is 15.2. The van der Waals surface area contributed by atoms with Crippen LogP contribution < -0.4 is 4.90 Å². The first-order valence-electron chi connectivity index (χ1n) is 14.5. The van der Waals surface area contributed by atoms with Crippen LogP contribution in [0.2, 0.25) is 0 Å². The van der Waals surface area contributed by atoms with Gasteiger partial charge in [0.05, 0.1) is 11.8 Å². The first-order valence-corrected chi connectivity index (χ1v) is 16.5. The molecule has 3 aromatic carbocycles. The predicted octanol–water partition coefficient (Wildman–Crippen LogP) is 10.6. The Morgan fingerprint density at radius 2 is 0.805 bits per heavy atom. The molecular formula is C36H51NO2S2. The summed E-state index contributed by atoms with van der Waals surface area (Å²) in [6.45, 7) is 25.9. The number of benzene rings is 3. The molecule has 0 saturated carbocycles. The molecule has 0 aliphatic rings. The molecule has 0 aliphatic heterocycles. The topological polar surface area (TPSA) is 43.7 Å². The zero-order valence-corrected chi connectivity index (χ0v) is 28.9. The molecule has 3 nitrogen and oxygen atoms in total. The van der Waals surface area contributed by atoms with E-state index in [2.05, 4.69) is 143 Å². The molecule has 0 aliphatic carbocycles. The summed E-state index contributed by atoms with van der Waals surface area (Å²) in [5, 5.41) is 22.4. The smallest absolute Gasteiger partial charge is 0.123 e. The Bertz CT molecular complexity index is 1180. The number of thioether (sulfide) groups is 2. The van der Waals surface area contributed by atoms with Crippen LogP contribution in [0.5, 0.6) is 11.5 Å². The van der Waals surface area contributed by atoms with Gasteiger partial charge in [0.1, 0.15) is 11.5 Å². The number of rotatable bonds is 7. The number of phenols is 2. The van der Waals surface area contributed by atoms with Gasteiger partial charge in [-0.05, 0) is 58.1 Å².